The zero-order valence-electron chi connectivity index (χ0n) is 17.4. The van der Waals surface area contributed by atoms with Gasteiger partial charge in [0.2, 0.25) is 0 Å². The van der Waals surface area contributed by atoms with Crippen LogP contribution in [0.4, 0.5) is 0 Å². The van der Waals surface area contributed by atoms with Gasteiger partial charge in [-0.15, -0.1) is 0 Å². The highest BCUT2D eigenvalue weighted by atomic mass is 16.5. The molecule has 2 N–H and O–H groups in total. The van der Waals surface area contributed by atoms with E-state index in [2.05, 4.69) is 104 Å². The molecule has 1 heterocycles. The third-order valence-electron chi connectivity index (χ3n) is 4.91. The molecule has 4 heteroatoms. The topological polar surface area (TPSA) is 45.7 Å². The molecular weight excluding hydrogens is 346 g/mol. The van der Waals surface area contributed by atoms with Gasteiger partial charge < -0.3 is 15.4 Å². The molecular formula is C24H33N3O. The average Bonchev–Trinajstić information content (AvgIpc) is 3.10. The SMILES string of the molecule is CC(C)/N=C(\NC(C)C)O[C@H]1CN[C@@H](C(c2ccccc2)c2ccccc2)C1. The normalized spacial score (nSPS) is 20.2. The number of amidine groups is 1. The molecule has 2 atom stereocenters. The summed E-state index contributed by atoms with van der Waals surface area (Å²) in [4.78, 5) is 4.62. The summed E-state index contributed by atoms with van der Waals surface area (Å²) < 4.78 is 6.26. The van der Waals surface area contributed by atoms with Crippen molar-refractivity contribution >= 4 is 6.02 Å². The minimum atomic E-state index is 0.115. The molecule has 4 nitrogen and oxygen atoms in total. The molecule has 1 fully saturated rings. The van der Waals surface area contributed by atoms with Crippen molar-refractivity contribution in [1.29, 1.82) is 0 Å². The van der Waals surface area contributed by atoms with Gasteiger partial charge in [0.05, 0.1) is 0 Å². The van der Waals surface area contributed by atoms with Gasteiger partial charge in [0, 0.05) is 37.0 Å². The van der Waals surface area contributed by atoms with Crippen LogP contribution in [0.1, 0.15) is 51.2 Å². The van der Waals surface area contributed by atoms with Gasteiger partial charge in [-0.25, -0.2) is 4.99 Å². The second-order valence-electron chi connectivity index (χ2n) is 8.12. The van der Waals surface area contributed by atoms with Gasteiger partial charge in [0.15, 0.2) is 0 Å². The van der Waals surface area contributed by atoms with E-state index in [1.807, 2.05) is 0 Å². The Hall–Kier alpha value is -2.33. The molecule has 0 radical (unpaired) electrons. The Morgan fingerprint density at radius 3 is 2.04 bits per heavy atom. The summed E-state index contributed by atoms with van der Waals surface area (Å²) >= 11 is 0. The number of hydrogen-bond donors (Lipinski definition) is 2. The van der Waals surface area contributed by atoms with Gasteiger partial charge in [-0.2, -0.15) is 0 Å². The molecule has 0 unspecified atom stereocenters. The predicted molar refractivity (Wildman–Crippen MR) is 117 cm³/mol. The van der Waals surface area contributed by atoms with Crippen molar-refractivity contribution in [3.63, 3.8) is 0 Å². The largest absolute Gasteiger partial charge is 0.461 e. The van der Waals surface area contributed by atoms with Crippen LogP contribution in [-0.2, 0) is 4.74 Å². The third-order valence-corrected chi connectivity index (χ3v) is 4.91. The first-order valence-electron chi connectivity index (χ1n) is 10.4. The van der Waals surface area contributed by atoms with Gasteiger partial charge >= 0.3 is 0 Å². The molecule has 1 aliphatic rings. The van der Waals surface area contributed by atoms with Gasteiger partial charge in [-0.1, -0.05) is 60.7 Å². The molecule has 0 bridgehead atoms. The Balaban J connectivity index is 1.76. The Bertz CT molecular complexity index is 703. The average molecular weight is 380 g/mol. The summed E-state index contributed by atoms with van der Waals surface area (Å²) in [6.45, 7) is 9.19. The minimum absolute atomic E-state index is 0.115. The number of benzene rings is 2. The molecule has 28 heavy (non-hydrogen) atoms. The highest BCUT2D eigenvalue weighted by Crippen LogP contribution is 2.32. The molecule has 1 aliphatic heterocycles. The van der Waals surface area contributed by atoms with E-state index < -0.39 is 0 Å². The minimum Gasteiger partial charge on any atom is -0.461 e. The number of nitrogens with zero attached hydrogens (tertiary/aromatic N) is 1. The van der Waals surface area contributed by atoms with Crippen LogP contribution in [0.2, 0.25) is 0 Å². The zero-order chi connectivity index (χ0) is 19.9. The molecule has 0 aromatic heterocycles. The lowest BCUT2D eigenvalue weighted by atomic mass is 9.84. The summed E-state index contributed by atoms with van der Waals surface area (Å²) in [6.07, 6.45) is 1.06. The van der Waals surface area contributed by atoms with Gasteiger partial charge in [-0.3, -0.25) is 0 Å². The zero-order valence-corrected chi connectivity index (χ0v) is 17.4. The Kier molecular flexibility index (Phi) is 7.10. The van der Waals surface area contributed by atoms with Crippen LogP contribution in [0.25, 0.3) is 0 Å². The van der Waals surface area contributed by atoms with Crippen LogP contribution < -0.4 is 10.6 Å². The van der Waals surface area contributed by atoms with Crippen molar-refractivity contribution in [3.8, 4) is 0 Å². The van der Waals surface area contributed by atoms with Crippen molar-refractivity contribution in [2.24, 2.45) is 4.99 Å². The lowest BCUT2D eigenvalue weighted by Crippen LogP contribution is -2.36. The summed E-state index contributed by atoms with van der Waals surface area (Å²) in [5.74, 6) is 0.305. The fourth-order valence-electron chi connectivity index (χ4n) is 3.80. The second-order valence-corrected chi connectivity index (χ2v) is 8.12. The second kappa shape index (κ2) is 9.74. The fraction of sp³-hybridized carbons (Fsp3) is 0.458. The van der Waals surface area contributed by atoms with Crippen LogP contribution in [-0.4, -0.2) is 36.8 Å². The van der Waals surface area contributed by atoms with E-state index in [0.717, 1.165) is 13.0 Å². The third kappa shape index (κ3) is 5.59. The van der Waals surface area contributed by atoms with Crippen molar-refractivity contribution < 1.29 is 4.74 Å². The van der Waals surface area contributed by atoms with Crippen LogP contribution in [0, 0.1) is 0 Å². The lowest BCUT2D eigenvalue weighted by molar-refractivity contribution is 0.191. The smallest absolute Gasteiger partial charge is 0.285 e. The highest BCUT2D eigenvalue weighted by molar-refractivity contribution is 5.74. The quantitative estimate of drug-likeness (QED) is 0.580. The summed E-state index contributed by atoms with van der Waals surface area (Å²) in [5.41, 5.74) is 2.67. The van der Waals surface area contributed by atoms with Gasteiger partial charge in [0.25, 0.3) is 6.02 Å². The molecule has 1 saturated heterocycles. The fourth-order valence-corrected chi connectivity index (χ4v) is 3.80. The number of rotatable bonds is 6. The summed E-state index contributed by atoms with van der Waals surface area (Å²) in [6, 6.07) is 23.0. The molecule has 0 saturated carbocycles. The Morgan fingerprint density at radius 2 is 1.54 bits per heavy atom. The van der Waals surface area contributed by atoms with E-state index in [1.54, 1.807) is 0 Å². The van der Waals surface area contributed by atoms with Crippen molar-refractivity contribution in [2.45, 2.75) is 64.3 Å². The van der Waals surface area contributed by atoms with E-state index in [1.165, 1.54) is 11.1 Å². The van der Waals surface area contributed by atoms with Crippen LogP contribution in [0.3, 0.4) is 0 Å². The van der Waals surface area contributed by atoms with E-state index >= 15 is 0 Å². The van der Waals surface area contributed by atoms with E-state index in [4.69, 9.17) is 4.74 Å². The van der Waals surface area contributed by atoms with Gasteiger partial charge in [0.1, 0.15) is 6.10 Å². The monoisotopic (exact) mass is 379 g/mol. The lowest BCUT2D eigenvalue weighted by Gasteiger charge is -2.25. The maximum Gasteiger partial charge on any atom is 0.285 e. The number of aliphatic imine (C=N–C) groups is 1. The maximum absolute atomic E-state index is 6.26. The molecule has 0 amide bonds. The number of ether oxygens (including phenoxy) is 1. The molecule has 2 aromatic carbocycles. The van der Waals surface area contributed by atoms with Crippen LogP contribution in [0.5, 0.6) is 0 Å². The summed E-state index contributed by atoms with van der Waals surface area (Å²) in [5, 5.41) is 7.05. The first kappa shape index (κ1) is 20.4. The molecule has 3 rings (SSSR count). The highest BCUT2D eigenvalue weighted by Gasteiger charge is 2.34. The summed E-state index contributed by atoms with van der Waals surface area (Å²) in [7, 11) is 0. The Morgan fingerprint density at radius 1 is 0.964 bits per heavy atom. The molecule has 2 aromatic rings. The standard InChI is InChI=1S/C24H33N3O/c1-17(2)26-24(27-18(3)4)28-21-15-22(25-16-21)23(19-11-7-5-8-12-19)20-13-9-6-10-14-20/h5-14,17-18,21-23,25H,15-16H2,1-4H3,(H,26,27)/t21-,22-/m1/s1. The van der Waals surface area contributed by atoms with Crippen LogP contribution in [0.15, 0.2) is 65.7 Å². The molecule has 0 spiro atoms. The Labute approximate surface area is 169 Å². The first-order chi connectivity index (χ1) is 13.5. The first-order valence-corrected chi connectivity index (χ1v) is 10.4. The molecule has 150 valence electrons. The van der Waals surface area contributed by atoms with Crippen molar-refractivity contribution in [3.05, 3.63) is 71.8 Å². The van der Waals surface area contributed by atoms with Crippen molar-refractivity contribution in [1.82, 2.24) is 10.6 Å². The predicted octanol–water partition coefficient (Wildman–Crippen LogP) is 4.33. The van der Waals surface area contributed by atoms with E-state index in [0.29, 0.717) is 24.0 Å². The molecule has 0 aliphatic carbocycles. The number of nitrogens with one attached hydrogen (secondary N) is 2. The van der Waals surface area contributed by atoms with Crippen LogP contribution >= 0.6 is 0 Å². The van der Waals surface area contributed by atoms with Gasteiger partial charge in [-0.05, 0) is 38.8 Å². The number of hydrogen-bond acceptors (Lipinski definition) is 3. The van der Waals surface area contributed by atoms with Crippen molar-refractivity contribution in [2.75, 3.05) is 6.54 Å². The van der Waals surface area contributed by atoms with E-state index in [-0.39, 0.29) is 12.1 Å². The maximum atomic E-state index is 6.26. The van der Waals surface area contributed by atoms with E-state index in [9.17, 15) is 0 Å².